The molecule has 0 aliphatic carbocycles. The number of rotatable bonds is 10. The maximum absolute atomic E-state index is 13.3. The Morgan fingerprint density at radius 3 is 2.71 bits per heavy atom. The van der Waals surface area contributed by atoms with Crippen molar-refractivity contribution in [3.63, 3.8) is 0 Å². The first-order chi connectivity index (χ1) is 16.5. The van der Waals surface area contributed by atoms with Crippen LogP contribution in [0.5, 0.6) is 5.75 Å². The van der Waals surface area contributed by atoms with Crippen molar-refractivity contribution in [3.8, 4) is 5.75 Å². The predicted molar refractivity (Wildman–Crippen MR) is 149 cm³/mol. The van der Waals surface area contributed by atoms with Crippen LogP contribution in [0.3, 0.4) is 0 Å². The van der Waals surface area contributed by atoms with Gasteiger partial charge in [-0.1, -0.05) is 22.9 Å². The number of fused-ring (bicyclic) bond motifs is 1. The van der Waals surface area contributed by atoms with E-state index in [1.807, 2.05) is 48.2 Å². The molecule has 1 fully saturated rings. The van der Waals surface area contributed by atoms with E-state index in [1.165, 1.54) is 11.3 Å². The second kappa shape index (κ2) is 13.7. The second-order valence-electron chi connectivity index (χ2n) is 8.19. The number of halogens is 2. The largest absolute Gasteiger partial charge is 0.497 e. The number of morpholine rings is 1. The molecule has 0 atom stereocenters. The molecule has 0 bridgehead atoms. The fourth-order valence-corrected chi connectivity index (χ4v) is 6.23. The summed E-state index contributed by atoms with van der Waals surface area (Å²) in [6, 6.07) is 11.8. The van der Waals surface area contributed by atoms with Gasteiger partial charge in [0.2, 0.25) is 5.91 Å². The Morgan fingerprint density at radius 1 is 1.26 bits per heavy atom. The van der Waals surface area contributed by atoms with Crippen molar-refractivity contribution in [2.75, 3.05) is 57.2 Å². The van der Waals surface area contributed by atoms with E-state index >= 15 is 0 Å². The van der Waals surface area contributed by atoms with E-state index in [4.69, 9.17) is 26.1 Å². The van der Waals surface area contributed by atoms with Crippen LogP contribution in [0.25, 0.3) is 10.2 Å². The molecule has 6 nitrogen and oxygen atoms in total. The lowest BCUT2D eigenvalue weighted by molar-refractivity contribution is -0.118. The van der Waals surface area contributed by atoms with Crippen LogP contribution in [0.1, 0.15) is 18.4 Å². The zero-order valence-corrected chi connectivity index (χ0v) is 23.2. The Labute approximate surface area is 226 Å². The van der Waals surface area contributed by atoms with Crippen molar-refractivity contribution in [1.82, 2.24) is 9.88 Å². The molecule has 10 heteroatoms. The molecule has 0 radical (unpaired) electrons. The summed E-state index contributed by atoms with van der Waals surface area (Å²) < 4.78 is 11.7. The van der Waals surface area contributed by atoms with Crippen LogP contribution < -0.4 is 9.64 Å². The van der Waals surface area contributed by atoms with Gasteiger partial charge in [0.1, 0.15) is 5.75 Å². The third-order valence-corrected chi connectivity index (χ3v) is 8.03. The fraction of sp³-hybridized carbons (Fsp3) is 0.440. The summed E-state index contributed by atoms with van der Waals surface area (Å²) in [5.41, 5.74) is 1.95. The van der Waals surface area contributed by atoms with E-state index in [0.717, 1.165) is 70.8 Å². The molecule has 3 aromatic rings. The third kappa shape index (κ3) is 7.71. The molecular weight excluding hydrogens is 525 g/mol. The lowest BCUT2D eigenvalue weighted by Crippen LogP contribution is -2.39. The first-order valence-corrected chi connectivity index (χ1v) is 13.7. The number of thioether (sulfide) groups is 1. The molecule has 1 aliphatic rings. The number of aryl methyl sites for hydroxylation is 1. The maximum atomic E-state index is 13.3. The van der Waals surface area contributed by atoms with Crippen molar-refractivity contribution in [1.29, 1.82) is 0 Å². The molecule has 35 heavy (non-hydrogen) atoms. The van der Waals surface area contributed by atoms with Crippen LogP contribution in [0.4, 0.5) is 5.13 Å². The lowest BCUT2D eigenvalue weighted by atomic mass is 10.2. The van der Waals surface area contributed by atoms with Crippen LogP contribution >= 0.6 is 47.1 Å². The van der Waals surface area contributed by atoms with Gasteiger partial charge in [-0.2, -0.15) is 0 Å². The minimum atomic E-state index is 0. The number of benzene rings is 2. The van der Waals surface area contributed by atoms with E-state index in [2.05, 4.69) is 4.90 Å². The third-order valence-electron chi connectivity index (χ3n) is 5.77. The molecule has 0 unspecified atom stereocenters. The number of anilines is 1. The highest BCUT2D eigenvalue weighted by Crippen LogP contribution is 2.33. The molecule has 0 spiro atoms. The number of aromatic nitrogens is 1. The topological polar surface area (TPSA) is 54.9 Å². The maximum Gasteiger partial charge on any atom is 0.229 e. The summed E-state index contributed by atoms with van der Waals surface area (Å²) in [5.74, 6) is 1.64. The highest BCUT2D eigenvalue weighted by molar-refractivity contribution is 7.99. The highest BCUT2D eigenvalue weighted by Gasteiger charge is 2.21. The van der Waals surface area contributed by atoms with E-state index in [-0.39, 0.29) is 18.3 Å². The number of amides is 1. The molecule has 0 N–H and O–H groups in total. The minimum absolute atomic E-state index is 0. The summed E-state index contributed by atoms with van der Waals surface area (Å²) in [5, 5.41) is 1.45. The Bertz CT molecular complexity index is 1110. The average molecular weight is 557 g/mol. The van der Waals surface area contributed by atoms with Crippen LogP contribution in [-0.2, 0) is 9.53 Å². The quantitative estimate of drug-likeness (QED) is 0.289. The van der Waals surface area contributed by atoms with Crippen LogP contribution in [-0.4, -0.2) is 68.0 Å². The van der Waals surface area contributed by atoms with E-state index < -0.39 is 0 Å². The van der Waals surface area contributed by atoms with Gasteiger partial charge in [-0.15, -0.1) is 24.2 Å². The fourth-order valence-electron chi connectivity index (χ4n) is 3.93. The van der Waals surface area contributed by atoms with Crippen molar-refractivity contribution >= 4 is 68.4 Å². The zero-order chi connectivity index (χ0) is 23.9. The molecule has 1 aromatic heterocycles. The van der Waals surface area contributed by atoms with Crippen molar-refractivity contribution < 1.29 is 14.3 Å². The number of hydrogen-bond donors (Lipinski definition) is 0. The Kier molecular flexibility index (Phi) is 10.9. The number of nitrogens with zero attached hydrogens (tertiary/aromatic N) is 3. The predicted octanol–water partition coefficient (Wildman–Crippen LogP) is 5.93. The molecule has 1 amide bonds. The van der Waals surface area contributed by atoms with Gasteiger partial charge in [0.25, 0.3) is 0 Å². The lowest BCUT2D eigenvalue weighted by Gasteiger charge is -2.27. The van der Waals surface area contributed by atoms with Crippen molar-refractivity contribution in [3.05, 3.63) is 47.0 Å². The van der Waals surface area contributed by atoms with Crippen LogP contribution in [0.2, 0.25) is 5.02 Å². The average Bonchev–Trinajstić information content (AvgIpc) is 3.27. The van der Waals surface area contributed by atoms with Gasteiger partial charge in [-0.3, -0.25) is 14.6 Å². The normalized spacial score (nSPS) is 14.0. The standard InChI is InChI=1S/C25H30ClN3O3S2.ClH/c1-18-16-19(26)17-22-24(18)27-25(34-22)29(10-3-9-28-11-13-32-14-12-28)23(30)8-15-33-21-6-4-20(31-2)5-7-21;/h4-7,16-17H,3,8-15H2,1-2H3;1H. The minimum Gasteiger partial charge on any atom is -0.497 e. The van der Waals surface area contributed by atoms with E-state index in [9.17, 15) is 4.79 Å². The van der Waals surface area contributed by atoms with Gasteiger partial charge in [0.05, 0.1) is 30.5 Å². The number of hydrogen-bond acceptors (Lipinski definition) is 7. The van der Waals surface area contributed by atoms with Gasteiger partial charge in [0, 0.05) is 48.3 Å². The Hall–Kier alpha value is -1.55. The molecule has 2 aromatic carbocycles. The molecule has 1 aliphatic heterocycles. The molecule has 4 rings (SSSR count). The summed E-state index contributed by atoms with van der Waals surface area (Å²) in [4.78, 5) is 23.6. The smallest absolute Gasteiger partial charge is 0.229 e. The first-order valence-electron chi connectivity index (χ1n) is 11.5. The molecule has 190 valence electrons. The molecule has 0 saturated carbocycles. The molecule has 2 heterocycles. The number of carbonyl (C=O) groups excluding carboxylic acids is 1. The SMILES string of the molecule is COc1ccc(SCCC(=O)N(CCCN2CCOCC2)c2nc3c(C)cc(Cl)cc3s2)cc1.Cl. The monoisotopic (exact) mass is 555 g/mol. The summed E-state index contributed by atoms with van der Waals surface area (Å²) in [7, 11) is 1.66. The van der Waals surface area contributed by atoms with E-state index in [0.29, 0.717) is 23.7 Å². The van der Waals surface area contributed by atoms with Crippen molar-refractivity contribution in [2.24, 2.45) is 0 Å². The number of carbonyl (C=O) groups is 1. The van der Waals surface area contributed by atoms with E-state index in [1.54, 1.807) is 18.9 Å². The number of ether oxygens (including phenoxy) is 2. The summed E-state index contributed by atoms with van der Waals surface area (Å²) in [6.45, 7) is 7.07. The van der Waals surface area contributed by atoms with Gasteiger partial charge in [0.15, 0.2) is 5.13 Å². The molecule has 1 saturated heterocycles. The Balaban J connectivity index is 0.00000342. The summed E-state index contributed by atoms with van der Waals surface area (Å²) in [6.07, 6.45) is 1.34. The first kappa shape index (κ1) is 28.0. The highest BCUT2D eigenvalue weighted by atomic mass is 35.5. The van der Waals surface area contributed by atoms with Crippen LogP contribution in [0.15, 0.2) is 41.3 Å². The van der Waals surface area contributed by atoms with Gasteiger partial charge >= 0.3 is 0 Å². The number of methoxy groups -OCH3 is 1. The van der Waals surface area contributed by atoms with Gasteiger partial charge in [-0.05, 0) is 55.3 Å². The summed E-state index contributed by atoms with van der Waals surface area (Å²) >= 11 is 9.48. The van der Waals surface area contributed by atoms with Crippen LogP contribution in [0, 0.1) is 6.92 Å². The zero-order valence-electron chi connectivity index (χ0n) is 20.0. The number of thiazole rings is 1. The molecular formula is C25H31Cl2N3O3S2. The second-order valence-corrected chi connectivity index (χ2v) is 10.8. The van der Waals surface area contributed by atoms with Crippen molar-refractivity contribution in [2.45, 2.75) is 24.7 Å². The van der Waals surface area contributed by atoms with Gasteiger partial charge < -0.3 is 9.47 Å². The Morgan fingerprint density at radius 2 is 2.00 bits per heavy atom. The van der Waals surface area contributed by atoms with Gasteiger partial charge in [-0.25, -0.2) is 4.98 Å².